The van der Waals surface area contributed by atoms with Crippen LogP contribution in [0.25, 0.3) is 0 Å². The summed E-state index contributed by atoms with van der Waals surface area (Å²) in [5, 5.41) is 42.8. The molecule has 0 saturated carbocycles. The van der Waals surface area contributed by atoms with Crippen LogP contribution >= 0.6 is 0 Å². The molecule has 1 heterocycles. The van der Waals surface area contributed by atoms with Crippen LogP contribution in [0.2, 0.25) is 0 Å². The number of aliphatic hydroxyl groups excluding tert-OH is 1. The number of amides is 7. The molecule has 0 aliphatic rings. The number of carbonyl (C=O) groups excluding carboxylic acids is 7. The number of aromatic nitrogens is 2. The molecule has 0 unspecified atom stereocenters. The van der Waals surface area contributed by atoms with Crippen LogP contribution in [0.15, 0.2) is 67.1 Å². The van der Waals surface area contributed by atoms with E-state index in [1.54, 1.807) is 32.0 Å². The third kappa shape index (κ3) is 14.2. The van der Waals surface area contributed by atoms with Gasteiger partial charge in [0.15, 0.2) is 0 Å². The number of nitrogens with one attached hydrogen (secondary N) is 6. The molecule has 13 N–H and O–H groups in total. The Labute approximate surface area is 345 Å². The van der Waals surface area contributed by atoms with E-state index in [1.165, 1.54) is 62.8 Å². The van der Waals surface area contributed by atoms with Gasteiger partial charge in [0.2, 0.25) is 35.4 Å². The number of rotatable bonds is 22. The average molecular weight is 837 g/mol. The van der Waals surface area contributed by atoms with Crippen molar-refractivity contribution in [1.29, 1.82) is 0 Å². The van der Waals surface area contributed by atoms with E-state index < -0.39 is 102 Å². The maximum absolute atomic E-state index is 13.9. The number of hydrazine groups is 1. The lowest BCUT2D eigenvalue weighted by atomic mass is 10.00. The summed E-state index contributed by atoms with van der Waals surface area (Å²) in [6.07, 6.45) is -0.000241. The van der Waals surface area contributed by atoms with E-state index >= 15 is 0 Å². The normalized spacial score (nSPS) is 14.5. The lowest BCUT2D eigenvalue weighted by molar-refractivity contribution is -0.142. The number of aromatic hydroxyl groups is 1. The molecule has 0 saturated heterocycles. The van der Waals surface area contributed by atoms with Crippen molar-refractivity contribution in [2.45, 2.75) is 95.7 Å². The maximum atomic E-state index is 13.9. The van der Waals surface area contributed by atoms with Crippen LogP contribution in [0.1, 0.15) is 62.2 Å². The lowest BCUT2D eigenvalue weighted by Crippen LogP contribution is -2.62. The van der Waals surface area contributed by atoms with Gasteiger partial charge in [0.1, 0.15) is 42.0 Å². The topological polar surface area (TPSA) is 341 Å². The molecular weight excluding hydrogens is 784 g/mol. The fourth-order valence-electron chi connectivity index (χ4n) is 5.74. The molecular formula is C39H52N10O11. The summed E-state index contributed by atoms with van der Waals surface area (Å²) in [5.74, 6) is -2.37. The van der Waals surface area contributed by atoms with Gasteiger partial charge in [0.05, 0.1) is 18.1 Å². The highest BCUT2D eigenvalue weighted by atomic mass is 16.4. The fraction of sp³-hybridized carbons (Fsp3) is 0.410. The second-order valence-electron chi connectivity index (χ2n) is 14.4. The number of carboxylic acid groups (broad SMARTS) is 1. The number of carbonyl (C=O) groups is 8. The molecule has 324 valence electrons. The number of carboxylic acids is 1. The summed E-state index contributed by atoms with van der Waals surface area (Å²) < 4.78 is 0. The van der Waals surface area contributed by atoms with Crippen LogP contribution in [0.3, 0.4) is 0 Å². The quantitative estimate of drug-likeness (QED) is 0.0300. The number of aromatic amines is 1. The zero-order valence-electron chi connectivity index (χ0n) is 33.5. The Morgan fingerprint density at radius 2 is 1.30 bits per heavy atom. The SMILES string of the molecule is CC(C)[C@H](NC(=O)[C@H](CCC(N)=O)NC(=O)[C@H](Cc1c[nH]cn1)NC(=O)[C@@H](NC(=O)[C@H](C)N(N)C(=O)c1ccccc1)[C@@H](C)O)C(=O)N[C@@H](Cc1ccc(O)cc1)C(=O)O. The lowest BCUT2D eigenvalue weighted by Gasteiger charge is -2.29. The molecule has 0 bridgehead atoms. The zero-order chi connectivity index (χ0) is 44.7. The van der Waals surface area contributed by atoms with Crippen molar-refractivity contribution >= 4 is 47.3 Å². The minimum atomic E-state index is -1.68. The summed E-state index contributed by atoms with van der Waals surface area (Å²) in [6, 6.07) is 4.72. The number of hydrogen-bond donors (Lipinski definition) is 11. The van der Waals surface area contributed by atoms with Crippen LogP contribution in [-0.2, 0) is 46.4 Å². The zero-order valence-corrected chi connectivity index (χ0v) is 33.5. The molecule has 60 heavy (non-hydrogen) atoms. The first-order valence-corrected chi connectivity index (χ1v) is 18.9. The fourth-order valence-corrected chi connectivity index (χ4v) is 5.74. The average Bonchev–Trinajstić information content (AvgIpc) is 3.72. The van der Waals surface area contributed by atoms with E-state index in [-0.39, 0.29) is 36.3 Å². The number of nitrogens with two attached hydrogens (primary N) is 2. The third-order valence-corrected chi connectivity index (χ3v) is 9.27. The molecule has 3 rings (SSSR count). The number of aliphatic hydroxyl groups is 1. The number of aliphatic carboxylic acids is 1. The van der Waals surface area contributed by atoms with Gasteiger partial charge in [-0.15, -0.1) is 0 Å². The predicted molar refractivity (Wildman–Crippen MR) is 213 cm³/mol. The smallest absolute Gasteiger partial charge is 0.326 e. The van der Waals surface area contributed by atoms with Crippen LogP contribution in [0.5, 0.6) is 5.75 Å². The molecule has 3 aromatic rings. The minimum Gasteiger partial charge on any atom is -0.508 e. The molecule has 7 atom stereocenters. The Morgan fingerprint density at radius 1 is 0.733 bits per heavy atom. The van der Waals surface area contributed by atoms with Gasteiger partial charge in [-0.1, -0.05) is 44.2 Å². The van der Waals surface area contributed by atoms with Crippen molar-refractivity contribution in [3.05, 3.63) is 83.9 Å². The second kappa shape index (κ2) is 22.3. The van der Waals surface area contributed by atoms with E-state index in [9.17, 15) is 53.7 Å². The van der Waals surface area contributed by atoms with Crippen molar-refractivity contribution in [2.24, 2.45) is 17.5 Å². The summed E-state index contributed by atoms with van der Waals surface area (Å²) in [6.45, 7) is 5.66. The predicted octanol–water partition coefficient (Wildman–Crippen LogP) is -1.88. The molecule has 0 aliphatic heterocycles. The number of primary amides is 1. The molecule has 0 fully saturated rings. The van der Waals surface area contributed by atoms with Crippen LogP contribution in [0.4, 0.5) is 0 Å². The van der Waals surface area contributed by atoms with Crippen molar-refractivity contribution in [3.8, 4) is 5.75 Å². The van der Waals surface area contributed by atoms with E-state index in [0.29, 0.717) is 10.6 Å². The van der Waals surface area contributed by atoms with Gasteiger partial charge in [0, 0.05) is 31.0 Å². The van der Waals surface area contributed by atoms with Crippen LogP contribution in [-0.4, -0.2) is 120 Å². The van der Waals surface area contributed by atoms with E-state index in [2.05, 4.69) is 36.6 Å². The maximum Gasteiger partial charge on any atom is 0.326 e. The molecule has 1 aromatic heterocycles. The first kappa shape index (κ1) is 47.5. The number of nitrogens with zero attached hydrogens (tertiary/aromatic N) is 2. The van der Waals surface area contributed by atoms with E-state index in [1.807, 2.05) is 0 Å². The number of imidazole rings is 1. The van der Waals surface area contributed by atoms with Gasteiger partial charge in [-0.3, -0.25) is 38.6 Å². The van der Waals surface area contributed by atoms with E-state index in [4.69, 9.17) is 11.6 Å². The van der Waals surface area contributed by atoms with Gasteiger partial charge in [-0.2, -0.15) is 0 Å². The van der Waals surface area contributed by atoms with Crippen molar-refractivity contribution in [3.63, 3.8) is 0 Å². The molecule has 0 radical (unpaired) electrons. The van der Waals surface area contributed by atoms with E-state index in [0.717, 1.165) is 0 Å². The minimum absolute atomic E-state index is 0.0401. The Balaban J connectivity index is 1.80. The summed E-state index contributed by atoms with van der Waals surface area (Å²) >= 11 is 0. The molecule has 0 spiro atoms. The number of phenols is 1. The van der Waals surface area contributed by atoms with Crippen molar-refractivity contribution in [1.82, 2.24) is 41.6 Å². The molecule has 21 nitrogen and oxygen atoms in total. The standard InChI is InChI=1S/C39H52N10O11/c1-20(2)31(36(56)46-29(39(59)60)16-23-10-12-26(51)13-11-23)47-34(54)27(14-15-30(40)52)44-35(55)28(17-25-18-42-19-43-25)45-37(57)32(22(4)50)48-33(53)21(3)49(41)38(58)24-8-6-5-7-9-24/h5-13,18-22,27-29,31-32,50-51H,14-17,41H2,1-4H3,(H2,40,52)(H,42,43)(H,44,55)(H,45,57)(H,46,56)(H,47,54)(H,48,53)(H,59,60)/t21-,22+,27-,28-,29-,31-,32-/m0/s1. The Bertz CT molecular complexity index is 1960. The number of phenolic OH excluding ortho intramolecular Hbond substituents is 1. The molecule has 0 aliphatic carbocycles. The second-order valence-corrected chi connectivity index (χ2v) is 14.4. The number of benzene rings is 2. The van der Waals surface area contributed by atoms with Gasteiger partial charge in [-0.05, 0) is 56.0 Å². The third-order valence-electron chi connectivity index (χ3n) is 9.27. The summed E-state index contributed by atoms with van der Waals surface area (Å²) in [5.41, 5.74) is 6.31. The van der Waals surface area contributed by atoms with Crippen LogP contribution in [0, 0.1) is 5.92 Å². The highest BCUT2D eigenvalue weighted by molar-refractivity contribution is 5.99. The first-order valence-electron chi connectivity index (χ1n) is 18.9. The largest absolute Gasteiger partial charge is 0.508 e. The Hall–Kier alpha value is -6.87. The number of H-pyrrole nitrogens is 1. The number of hydrogen-bond acceptors (Lipinski definition) is 12. The Morgan fingerprint density at radius 3 is 1.85 bits per heavy atom. The van der Waals surface area contributed by atoms with Gasteiger partial charge < -0.3 is 52.6 Å². The van der Waals surface area contributed by atoms with Crippen LogP contribution < -0.4 is 38.2 Å². The van der Waals surface area contributed by atoms with Gasteiger partial charge >= 0.3 is 5.97 Å². The highest BCUT2D eigenvalue weighted by Gasteiger charge is 2.36. The highest BCUT2D eigenvalue weighted by Crippen LogP contribution is 2.13. The Kier molecular flexibility index (Phi) is 17.7. The van der Waals surface area contributed by atoms with Crippen molar-refractivity contribution in [2.75, 3.05) is 0 Å². The molecule has 7 amide bonds. The summed E-state index contributed by atoms with van der Waals surface area (Å²) in [4.78, 5) is 112. The van der Waals surface area contributed by atoms with Crippen molar-refractivity contribution < 1.29 is 53.7 Å². The van der Waals surface area contributed by atoms with Gasteiger partial charge in [-0.25, -0.2) is 15.6 Å². The first-order chi connectivity index (χ1) is 28.3. The summed E-state index contributed by atoms with van der Waals surface area (Å²) in [7, 11) is 0. The van der Waals surface area contributed by atoms with Gasteiger partial charge in [0.25, 0.3) is 5.91 Å². The molecule has 21 heteroatoms. The molecule has 2 aromatic carbocycles. The monoisotopic (exact) mass is 836 g/mol.